The van der Waals surface area contributed by atoms with E-state index < -0.39 is 0 Å². The third kappa shape index (κ3) is 6.29. The third-order valence-corrected chi connectivity index (χ3v) is 5.40. The number of hydrogen-bond donors (Lipinski definition) is 2. The van der Waals surface area contributed by atoms with Crippen LogP contribution in [0.5, 0.6) is 0 Å². The highest BCUT2D eigenvalue weighted by Crippen LogP contribution is 2.27. The summed E-state index contributed by atoms with van der Waals surface area (Å²) < 4.78 is 0. The van der Waals surface area contributed by atoms with Crippen LogP contribution in [0, 0.1) is 5.92 Å². The average molecular weight is 395 g/mol. The first-order valence-corrected chi connectivity index (χ1v) is 10.9. The Hall–Kier alpha value is -2.40. The van der Waals surface area contributed by atoms with Gasteiger partial charge in [-0.3, -0.25) is 9.78 Å². The van der Waals surface area contributed by atoms with E-state index in [2.05, 4.69) is 39.9 Å². The molecule has 0 radical (unpaired) electrons. The lowest BCUT2D eigenvalue weighted by molar-refractivity contribution is -0.121. The molecule has 5 nitrogen and oxygen atoms in total. The second-order valence-corrected chi connectivity index (χ2v) is 8.15. The number of benzene rings is 1. The molecular weight excluding hydrogens is 360 g/mol. The summed E-state index contributed by atoms with van der Waals surface area (Å²) in [6.07, 6.45) is 9.62. The number of hydrogen-bond acceptors (Lipinski definition) is 4. The molecule has 29 heavy (non-hydrogen) atoms. The molecule has 2 heterocycles. The molecule has 5 heteroatoms. The van der Waals surface area contributed by atoms with Crippen LogP contribution in [0.2, 0.25) is 0 Å². The highest BCUT2D eigenvalue weighted by molar-refractivity contribution is 5.95. The molecule has 1 amide bonds. The Morgan fingerprint density at radius 1 is 1.17 bits per heavy atom. The first-order valence-electron chi connectivity index (χ1n) is 10.9. The topological polar surface area (TPSA) is 57.3 Å². The molecule has 0 atom stereocenters. The number of nitrogens with zero attached hydrogens (tertiary/aromatic N) is 2. The molecule has 2 N–H and O–H groups in total. The summed E-state index contributed by atoms with van der Waals surface area (Å²) in [6, 6.07) is 10.4. The van der Waals surface area contributed by atoms with Crippen LogP contribution in [-0.4, -0.2) is 24.0 Å². The number of amides is 1. The summed E-state index contributed by atoms with van der Waals surface area (Å²) in [5, 5.41) is 7.07. The fraction of sp³-hybridized carbons (Fsp3) is 0.500. The molecule has 1 aromatic heterocycles. The second kappa shape index (κ2) is 11.0. The largest absolute Gasteiger partial charge is 0.381 e. The Morgan fingerprint density at radius 3 is 2.79 bits per heavy atom. The van der Waals surface area contributed by atoms with Gasteiger partial charge in [-0.15, -0.1) is 0 Å². The number of carbonyl (C=O) groups excluding carboxylic acids is 1. The lowest BCUT2D eigenvalue weighted by atomic mass is 10.1. The van der Waals surface area contributed by atoms with Gasteiger partial charge in [-0.05, 0) is 54.8 Å². The van der Waals surface area contributed by atoms with Crippen molar-refractivity contribution in [1.82, 2.24) is 10.3 Å². The quantitative estimate of drug-likeness (QED) is 0.787. The zero-order valence-corrected chi connectivity index (χ0v) is 17.8. The molecule has 0 fully saturated rings. The highest BCUT2D eigenvalue weighted by atomic mass is 16.2. The van der Waals surface area contributed by atoms with E-state index in [-0.39, 0.29) is 11.8 Å². The minimum atomic E-state index is -0.00732. The maximum atomic E-state index is 13.0. The van der Waals surface area contributed by atoms with Gasteiger partial charge in [-0.25, -0.2) is 0 Å². The molecule has 0 unspecified atom stereocenters. The van der Waals surface area contributed by atoms with E-state index in [4.69, 9.17) is 0 Å². The summed E-state index contributed by atoms with van der Waals surface area (Å²) in [5.74, 6) is 0.200. The summed E-state index contributed by atoms with van der Waals surface area (Å²) in [6.45, 7) is 7.30. The molecular formula is C24H34N4O. The van der Waals surface area contributed by atoms with Crippen LogP contribution in [0.3, 0.4) is 0 Å². The van der Waals surface area contributed by atoms with Crippen molar-refractivity contribution in [3.8, 4) is 0 Å². The number of carbonyl (C=O) groups is 1. The van der Waals surface area contributed by atoms with Crippen molar-refractivity contribution in [3.05, 3.63) is 53.9 Å². The van der Waals surface area contributed by atoms with Gasteiger partial charge in [0.1, 0.15) is 0 Å². The Balaban J connectivity index is 1.83. The SMILES string of the molecule is CC(C)C(=O)N1CCCCCCCNCc2cc(NCc3cccnc3)ccc21. The van der Waals surface area contributed by atoms with Crippen molar-refractivity contribution in [1.29, 1.82) is 0 Å². The van der Waals surface area contributed by atoms with Crippen molar-refractivity contribution in [3.63, 3.8) is 0 Å². The van der Waals surface area contributed by atoms with E-state index in [0.29, 0.717) is 0 Å². The summed E-state index contributed by atoms with van der Waals surface area (Å²) >= 11 is 0. The fourth-order valence-corrected chi connectivity index (χ4v) is 3.74. The van der Waals surface area contributed by atoms with Gasteiger partial charge in [0.15, 0.2) is 0 Å². The lowest BCUT2D eigenvalue weighted by Crippen LogP contribution is -2.36. The predicted molar refractivity (Wildman–Crippen MR) is 120 cm³/mol. The van der Waals surface area contributed by atoms with Crippen LogP contribution in [0.4, 0.5) is 11.4 Å². The van der Waals surface area contributed by atoms with Crippen molar-refractivity contribution in [2.45, 2.75) is 59.0 Å². The predicted octanol–water partition coefficient (Wildman–Crippen LogP) is 4.74. The maximum absolute atomic E-state index is 13.0. The standard InChI is InChI=1S/C24H34N4O/c1-19(2)24(29)28-14-7-5-3-4-6-12-26-18-21-15-22(10-11-23(21)28)27-17-20-9-8-13-25-16-20/h8-11,13,15-16,19,26-27H,3-7,12,14,17-18H2,1-2H3. The van der Waals surface area contributed by atoms with E-state index in [0.717, 1.165) is 49.5 Å². The minimum absolute atomic E-state index is 0.00732. The third-order valence-electron chi connectivity index (χ3n) is 5.40. The monoisotopic (exact) mass is 394 g/mol. The van der Waals surface area contributed by atoms with Gasteiger partial charge in [0.2, 0.25) is 5.91 Å². The van der Waals surface area contributed by atoms with Gasteiger partial charge in [0.05, 0.1) is 0 Å². The van der Waals surface area contributed by atoms with Crippen LogP contribution in [0.15, 0.2) is 42.7 Å². The molecule has 156 valence electrons. The summed E-state index contributed by atoms with van der Waals surface area (Å²) in [5.41, 5.74) is 4.44. The number of rotatable bonds is 4. The van der Waals surface area contributed by atoms with Crippen LogP contribution < -0.4 is 15.5 Å². The zero-order valence-electron chi connectivity index (χ0n) is 17.8. The number of anilines is 2. The maximum Gasteiger partial charge on any atom is 0.229 e. The van der Waals surface area contributed by atoms with Crippen LogP contribution in [-0.2, 0) is 17.9 Å². The Labute approximate surface area is 174 Å². The summed E-state index contributed by atoms with van der Waals surface area (Å²) in [4.78, 5) is 19.1. The zero-order chi connectivity index (χ0) is 20.5. The van der Waals surface area contributed by atoms with E-state index in [1.165, 1.54) is 31.2 Å². The van der Waals surface area contributed by atoms with Crippen molar-refractivity contribution < 1.29 is 4.79 Å². The number of pyridine rings is 1. The van der Waals surface area contributed by atoms with E-state index in [1.807, 2.05) is 31.0 Å². The molecule has 0 saturated heterocycles. The molecule has 0 saturated carbocycles. The molecule has 1 aliphatic rings. The average Bonchev–Trinajstić information content (AvgIpc) is 2.73. The molecule has 0 spiro atoms. The Bertz CT molecular complexity index is 776. The van der Waals surface area contributed by atoms with Crippen LogP contribution >= 0.6 is 0 Å². The minimum Gasteiger partial charge on any atom is -0.381 e. The van der Waals surface area contributed by atoms with Gasteiger partial charge in [-0.1, -0.05) is 39.2 Å². The van der Waals surface area contributed by atoms with Gasteiger partial charge in [-0.2, -0.15) is 0 Å². The van der Waals surface area contributed by atoms with Crippen molar-refractivity contribution >= 4 is 17.3 Å². The van der Waals surface area contributed by atoms with E-state index in [1.54, 1.807) is 6.20 Å². The number of aromatic nitrogens is 1. The molecule has 0 bridgehead atoms. The lowest BCUT2D eigenvalue weighted by Gasteiger charge is -2.28. The van der Waals surface area contributed by atoms with Crippen LogP contribution in [0.1, 0.15) is 57.1 Å². The number of nitrogens with one attached hydrogen (secondary N) is 2. The van der Waals surface area contributed by atoms with Crippen LogP contribution in [0.25, 0.3) is 0 Å². The molecule has 1 aliphatic heterocycles. The number of fused-ring (bicyclic) bond motifs is 1. The summed E-state index contributed by atoms with van der Waals surface area (Å²) in [7, 11) is 0. The molecule has 2 aromatic rings. The van der Waals surface area contributed by atoms with Gasteiger partial charge < -0.3 is 15.5 Å². The van der Waals surface area contributed by atoms with Crippen molar-refractivity contribution in [2.75, 3.05) is 23.3 Å². The first-order chi connectivity index (χ1) is 14.1. The van der Waals surface area contributed by atoms with E-state index >= 15 is 0 Å². The van der Waals surface area contributed by atoms with Gasteiger partial charge in [0.25, 0.3) is 0 Å². The highest BCUT2D eigenvalue weighted by Gasteiger charge is 2.21. The second-order valence-electron chi connectivity index (χ2n) is 8.15. The molecule has 0 aliphatic carbocycles. The van der Waals surface area contributed by atoms with E-state index in [9.17, 15) is 4.79 Å². The molecule has 1 aromatic carbocycles. The fourth-order valence-electron chi connectivity index (χ4n) is 3.74. The van der Waals surface area contributed by atoms with Crippen molar-refractivity contribution in [2.24, 2.45) is 5.92 Å². The smallest absolute Gasteiger partial charge is 0.229 e. The van der Waals surface area contributed by atoms with Gasteiger partial charge >= 0.3 is 0 Å². The normalized spacial score (nSPS) is 15.9. The van der Waals surface area contributed by atoms with Gasteiger partial charge in [0, 0.05) is 49.3 Å². The first kappa shape index (κ1) is 21.3. The Morgan fingerprint density at radius 2 is 2.00 bits per heavy atom. The Kier molecular flexibility index (Phi) is 8.05. The molecule has 3 rings (SSSR count).